The molecule has 0 aromatic heterocycles. The van der Waals surface area contributed by atoms with Crippen LogP contribution in [0.1, 0.15) is 97.8 Å². The fourth-order valence-corrected chi connectivity index (χ4v) is 12.6. The van der Waals surface area contributed by atoms with Crippen LogP contribution in [0, 0.1) is 0 Å². The molecule has 0 radical (unpaired) electrons. The van der Waals surface area contributed by atoms with Gasteiger partial charge in [-0.3, -0.25) is 0 Å². The largest absolute Gasteiger partial charge is 0.335 e. The van der Waals surface area contributed by atoms with Crippen molar-refractivity contribution in [1.82, 2.24) is 0 Å². The summed E-state index contributed by atoms with van der Waals surface area (Å²) in [4.78, 5) is 7.98. The van der Waals surface area contributed by atoms with Gasteiger partial charge in [0.05, 0.1) is 11.2 Å². The van der Waals surface area contributed by atoms with Crippen molar-refractivity contribution in [3.8, 4) is 22.3 Å². The fourth-order valence-electron chi connectivity index (χ4n) is 12.6. The minimum atomic E-state index is -0.108. The lowest BCUT2D eigenvalue weighted by Gasteiger charge is -2.53. The molecule has 0 N–H and O–H groups in total. The Kier molecular flexibility index (Phi) is 9.62. The van der Waals surface area contributed by atoms with Crippen molar-refractivity contribution in [2.24, 2.45) is 0 Å². The van der Waals surface area contributed by atoms with Gasteiger partial charge < -0.3 is 14.7 Å². The lowest BCUT2D eigenvalue weighted by Crippen LogP contribution is -2.64. The van der Waals surface area contributed by atoms with E-state index in [1.54, 1.807) is 0 Å². The van der Waals surface area contributed by atoms with Gasteiger partial charge in [0.1, 0.15) is 0 Å². The van der Waals surface area contributed by atoms with E-state index in [1.807, 2.05) is 0 Å². The molecule has 12 rings (SSSR count). The third-order valence-corrected chi connectivity index (χ3v) is 16.5. The topological polar surface area (TPSA) is 9.72 Å². The van der Waals surface area contributed by atoms with E-state index >= 15 is 0 Å². The molecule has 2 unspecified atom stereocenters. The molecule has 336 valence electrons. The van der Waals surface area contributed by atoms with Gasteiger partial charge in [-0.2, -0.15) is 0 Å². The van der Waals surface area contributed by atoms with Crippen LogP contribution in [0.15, 0.2) is 182 Å². The normalized spacial score (nSPS) is 19.0. The molecule has 2 atom stereocenters. The SMILES string of the molecule is CC(C)(C)c1ccc(N(c2ccc(C(C)(C)C)cc2)c2cc3c4c(c2)N2c5c(cccc5C5(C)CCCCC25C)B4c2cc(-c4ccccc4)ccc2N3c2ccc(-c3ccccc3)cc2)cc1. The van der Waals surface area contributed by atoms with Crippen molar-refractivity contribution >= 4 is 68.6 Å². The summed E-state index contributed by atoms with van der Waals surface area (Å²) >= 11 is 0. The first-order chi connectivity index (χ1) is 32.7. The Morgan fingerprint density at radius 2 is 1.01 bits per heavy atom. The van der Waals surface area contributed by atoms with E-state index in [0.29, 0.717) is 0 Å². The molecule has 4 aliphatic rings. The predicted octanol–water partition coefficient (Wildman–Crippen LogP) is 15.4. The number of fused-ring (bicyclic) bond motifs is 7. The lowest BCUT2D eigenvalue weighted by molar-refractivity contribution is 0.195. The molecule has 3 heterocycles. The zero-order valence-electron chi connectivity index (χ0n) is 41.1. The van der Waals surface area contributed by atoms with Gasteiger partial charge in [0, 0.05) is 45.2 Å². The van der Waals surface area contributed by atoms with Gasteiger partial charge >= 0.3 is 0 Å². The molecular weight excluding hydrogens is 822 g/mol. The Labute approximate surface area is 405 Å². The molecule has 1 aliphatic carbocycles. The molecular formula is C64H62BN3. The van der Waals surface area contributed by atoms with E-state index in [2.05, 4.69) is 252 Å². The molecule has 1 fully saturated rings. The van der Waals surface area contributed by atoms with Crippen LogP contribution in [0.4, 0.5) is 45.5 Å². The van der Waals surface area contributed by atoms with Crippen LogP contribution in [-0.4, -0.2) is 12.3 Å². The Balaban J connectivity index is 1.17. The minimum absolute atomic E-state index is 0.0000897. The van der Waals surface area contributed by atoms with E-state index in [4.69, 9.17) is 0 Å². The van der Waals surface area contributed by atoms with Gasteiger partial charge in [-0.1, -0.05) is 189 Å². The molecule has 0 amide bonds. The lowest BCUT2D eigenvalue weighted by atomic mass is 9.33. The van der Waals surface area contributed by atoms with Crippen molar-refractivity contribution in [2.75, 3.05) is 14.7 Å². The van der Waals surface area contributed by atoms with Crippen LogP contribution in [0.5, 0.6) is 0 Å². The third kappa shape index (κ3) is 6.47. The number of anilines is 8. The number of benzene rings is 8. The maximum absolute atomic E-state index is 2.86. The molecule has 3 nitrogen and oxygen atoms in total. The van der Waals surface area contributed by atoms with Crippen LogP contribution in [0.25, 0.3) is 22.3 Å². The molecule has 0 bridgehead atoms. The zero-order valence-corrected chi connectivity index (χ0v) is 41.1. The van der Waals surface area contributed by atoms with E-state index in [0.717, 1.165) is 29.2 Å². The number of hydrogen-bond donors (Lipinski definition) is 0. The van der Waals surface area contributed by atoms with Crippen molar-refractivity contribution in [2.45, 2.75) is 103 Å². The summed E-state index contributed by atoms with van der Waals surface area (Å²) in [7, 11) is 0. The minimum Gasteiger partial charge on any atom is -0.335 e. The second-order valence-corrected chi connectivity index (χ2v) is 22.5. The summed E-state index contributed by atoms with van der Waals surface area (Å²) in [6.07, 6.45) is 4.81. The molecule has 1 saturated carbocycles. The summed E-state index contributed by atoms with van der Waals surface area (Å²) in [6.45, 7) is 19.0. The highest BCUT2D eigenvalue weighted by Gasteiger charge is 2.61. The van der Waals surface area contributed by atoms with Crippen LogP contribution >= 0.6 is 0 Å². The average Bonchev–Trinajstić information content (AvgIpc) is 3.56. The van der Waals surface area contributed by atoms with E-state index < -0.39 is 0 Å². The van der Waals surface area contributed by atoms with Crippen LogP contribution in [-0.2, 0) is 16.2 Å². The quantitative estimate of drug-likeness (QED) is 0.154. The number of hydrogen-bond acceptors (Lipinski definition) is 3. The number of rotatable bonds is 6. The van der Waals surface area contributed by atoms with E-state index in [9.17, 15) is 0 Å². The van der Waals surface area contributed by atoms with E-state index in [1.165, 1.54) is 97.3 Å². The maximum atomic E-state index is 2.86. The Hall–Kier alpha value is -6.78. The Bertz CT molecular complexity index is 3160. The summed E-state index contributed by atoms with van der Waals surface area (Å²) in [5, 5.41) is 0. The second-order valence-electron chi connectivity index (χ2n) is 22.5. The second kappa shape index (κ2) is 15.4. The molecule has 4 heteroatoms. The van der Waals surface area contributed by atoms with Gasteiger partial charge in [0.25, 0.3) is 6.71 Å². The smallest absolute Gasteiger partial charge is 0.252 e. The fraction of sp³-hybridized carbons (Fsp3) is 0.250. The predicted molar refractivity (Wildman–Crippen MR) is 292 cm³/mol. The van der Waals surface area contributed by atoms with Crippen molar-refractivity contribution < 1.29 is 0 Å². The first-order valence-corrected chi connectivity index (χ1v) is 25.0. The van der Waals surface area contributed by atoms with Gasteiger partial charge in [-0.25, -0.2) is 0 Å². The van der Waals surface area contributed by atoms with Crippen LogP contribution < -0.4 is 31.1 Å². The Morgan fingerprint density at radius 1 is 0.471 bits per heavy atom. The Morgan fingerprint density at radius 3 is 1.62 bits per heavy atom. The summed E-state index contributed by atoms with van der Waals surface area (Å²) in [5.74, 6) is 0. The molecule has 0 saturated heterocycles. The highest BCUT2D eigenvalue weighted by Crippen LogP contribution is 2.62. The van der Waals surface area contributed by atoms with Gasteiger partial charge in [0.15, 0.2) is 0 Å². The molecule has 68 heavy (non-hydrogen) atoms. The van der Waals surface area contributed by atoms with Crippen molar-refractivity contribution in [3.05, 3.63) is 199 Å². The summed E-state index contributed by atoms with van der Waals surface area (Å²) in [6, 6.07) is 69.4. The summed E-state index contributed by atoms with van der Waals surface area (Å²) in [5.41, 5.74) is 23.1. The zero-order chi connectivity index (χ0) is 46.7. The van der Waals surface area contributed by atoms with E-state index in [-0.39, 0.29) is 28.5 Å². The number of nitrogens with zero attached hydrogens (tertiary/aromatic N) is 3. The van der Waals surface area contributed by atoms with Gasteiger partial charge in [0.2, 0.25) is 0 Å². The van der Waals surface area contributed by atoms with Crippen molar-refractivity contribution in [1.29, 1.82) is 0 Å². The van der Waals surface area contributed by atoms with Crippen LogP contribution in [0.2, 0.25) is 0 Å². The van der Waals surface area contributed by atoms with Gasteiger partial charge in [-0.15, -0.1) is 0 Å². The molecule has 0 spiro atoms. The average molecular weight is 884 g/mol. The van der Waals surface area contributed by atoms with Gasteiger partial charge in [-0.05, 0) is 141 Å². The first-order valence-electron chi connectivity index (χ1n) is 25.0. The first kappa shape index (κ1) is 42.6. The molecule has 8 aromatic carbocycles. The standard InChI is InChI=1S/C64H62BN3/c1-61(2,3)47-27-33-49(34-28-47)66(50-35-29-48(30-36-50)62(4,5)6)52-41-57-59-58(42-52)68-60-53(63(7)38-15-16-39-64(63,68)8)22-17-23-54(60)65(59)55-40-46(44-20-13-10-14-21-44)26-37-56(55)67(57)51-31-24-45(25-32-51)43-18-11-9-12-19-43/h9-14,17-37,40-42H,15-16,38-39H2,1-8H3. The van der Waals surface area contributed by atoms with Crippen LogP contribution in [0.3, 0.4) is 0 Å². The third-order valence-electron chi connectivity index (χ3n) is 16.5. The summed E-state index contributed by atoms with van der Waals surface area (Å²) < 4.78 is 0. The maximum Gasteiger partial charge on any atom is 0.252 e. The highest BCUT2D eigenvalue weighted by molar-refractivity contribution is 7.00. The molecule has 8 aromatic rings. The molecule has 3 aliphatic heterocycles. The number of para-hydroxylation sites is 1. The monoisotopic (exact) mass is 884 g/mol. The highest BCUT2D eigenvalue weighted by atomic mass is 15.3. The van der Waals surface area contributed by atoms with Crippen molar-refractivity contribution in [3.63, 3.8) is 0 Å².